The Morgan fingerprint density at radius 2 is 1.12 bits per heavy atom. The van der Waals surface area contributed by atoms with Gasteiger partial charge in [-0.15, -0.1) is 0 Å². The van der Waals surface area contributed by atoms with Crippen molar-refractivity contribution in [3.05, 3.63) is 108 Å². The zero-order chi connectivity index (χ0) is 28.2. The quantitative estimate of drug-likeness (QED) is 0.150. The summed E-state index contributed by atoms with van der Waals surface area (Å²) in [7, 11) is -4.66. The van der Waals surface area contributed by atoms with Crippen LogP contribution in [0, 0.1) is 0 Å². The van der Waals surface area contributed by atoms with E-state index in [2.05, 4.69) is 0 Å². The number of benzene rings is 3. The molecule has 1 aliphatic rings. The molecule has 1 aliphatic heterocycles. The maximum absolute atomic E-state index is 12.0. The van der Waals surface area contributed by atoms with Crippen molar-refractivity contribution < 1.29 is 66.2 Å². The van der Waals surface area contributed by atoms with Crippen LogP contribution in [0.25, 0.3) is 0 Å². The zero-order valence-electron chi connectivity index (χ0n) is 23.7. The minimum atomic E-state index is -4.66. The topological polar surface area (TPSA) is 103 Å². The predicted molar refractivity (Wildman–Crippen MR) is 149 cm³/mol. The van der Waals surface area contributed by atoms with Crippen molar-refractivity contribution in [2.75, 3.05) is 12.4 Å². The number of hydrogen-bond acceptors (Lipinski definition) is 8. The van der Waals surface area contributed by atoms with Crippen LogP contribution in [0.5, 0.6) is 0 Å². The second kappa shape index (κ2) is 17.5. The van der Waals surface area contributed by atoms with Crippen LogP contribution in [0.1, 0.15) is 36.5 Å². The van der Waals surface area contributed by atoms with E-state index in [0.29, 0.717) is 6.61 Å². The van der Waals surface area contributed by atoms with E-state index in [4.69, 9.17) is 23.7 Å². The van der Waals surface area contributed by atoms with Gasteiger partial charge in [0.05, 0.1) is 35.7 Å². The Bertz CT molecular complexity index is 1230. The summed E-state index contributed by atoms with van der Waals surface area (Å²) >= 11 is 0. The molecule has 0 amide bonds. The van der Waals surface area contributed by atoms with E-state index in [1.165, 1.54) is 0 Å². The van der Waals surface area contributed by atoms with E-state index in [9.17, 15) is 13.0 Å². The third-order valence-electron chi connectivity index (χ3n) is 6.60. The molecule has 0 N–H and O–H groups in total. The number of rotatable bonds is 15. The fourth-order valence-electron chi connectivity index (χ4n) is 4.56. The first-order valence-corrected chi connectivity index (χ1v) is 15.2. The van der Waals surface area contributed by atoms with Gasteiger partial charge < -0.3 is 28.2 Å². The fourth-order valence-corrected chi connectivity index (χ4v) is 5.23. The van der Waals surface area contributed by atoms with Crippen molar-refractivity contribution in [2.45, 2.75) is 70.3 Å². The molecular weight excluding hydrogens is 555 g/mol. The van der Waals surface area contributed by atoms with Crippen LogP contribution < -0.4 is 29.6 Å². The van der Waals surface area contributed by atoms with Crippen molar-refractivity contribution in [3.8, 4) is 0 Å². The molecule has 3 aromatic carbocycles. The van der Waals surface area contributed by atoms with Gasteiger partial charge in [-0.2, -0.15) is 0 Å². The Morgan fingerprint density at radius 3 is 1.56 bits per heavy atom. The summed E-state index contributed by atoms with van der Waals surface area (Å²) in [5, 5.41) is 0. The molecule has 216 valence electrons. The average Bonchev–Trinajstić information content (AvgIpc) is 2.96. The first-order chi connectivity index (χ1) is 19.4. The minimum Gasteiger partial charge on any atom is -0.748 e. The van der Waals surface area contributed by atoms with Crippen molar-refractivity contribution in [1.82, 2.24) is 0 Å². The molecule has 0 spiro atoms. The summed E-state index contributed by atoms with van der Waals surface area (Å²) in [4.78, 5) is 0. The Hall–Kier alpha value is -1.63. The minimum absolute atomic E-state index is 0. The molecule has 3 aromatic rings. The Balaban J connectivity index is 0.00000462. The van der Waals surface area contributed by atoms with Crippen LogP contribution in [0.15, 0.2) is 91.0 Å². The standard InChI is InChI=1S/C31H38O8S.Na/c1-2-3-19-35-31-30(38-22-26-17-11-6-12-18-26)29(37-21-25-15-9-5-10-16-25)28(27(39-31)23-40(32,33)34)36-20-24-13-7-4-8-14-24;/h4-18,27-31H,2-3,19-23H2,1H3,(H,32,33,34);/q;+1/p-1/t27-,28?,29+,30-,31+;/m1./s1. The molecule has 0 radical (unpaired) electrons. The SMILES string of the molecule is CCCCO[C@H]1O[C@H](CS(=O)(=O)[O-])C(OCc2ccccc2)[C@H](OCc2ccccc2)[C@H]1OCc1ccccc1.[Na+]. The first kappa shape index (κ1) is 33.9. The predicted octanol–water partition coefficient (Wildman–Crippen LogP) is 1.83. The van der Waals surface area contributed by atoms with Gasteiger partial charge in [-0.3, -0.25) is 0 Å². The number of ether oxygens (including phenoxy) is 5. The molecular formula is C31H37NaO8S. The van der Waals surface area contributed by atoms with E-state index in [1.807, 2.05) is 97.9 Å². The second-order valence-electron chi connectivity index (χ2n) is 9.78. The molecule has 41 heavy (non-hydrogen) atoms. The monoisotopic (exact) mass is 592 g/mol. The first-order valence-electron chi connectivity index (χ1n) is 13.6. The van der Waals surface area contributed by atoms with Gasteiger partial charge in [0, 0.05) is 6.61 Å². The number of hydrogen-bond donors (Lipinski definition) is 0. The molecule has 8 nitrogen and oxygen atoms in total. The van der Waals surface area contributed by atoms with E-state index in [1.54, 1.807) is 0 Å². The third-order valence-corrected chi connectivity index (χ3v) is 7.33. The van der Waals surface area contributed by atoms with Crippen molar-refractivity contribution in [1.29, 1.82) is 0 Å². The van der Waals surface area contributed by atoms with E-state index >= 15 is 0 Å². The second-order valence-corrected chi connectivity index (χ2v) is 11.2. The summed E-state index contributed by atoms with van der Waals surface area (Å²) in [6.07, 6.45) is -2.86. The smallest absolute Gasteiger partial charge is 0.748 e. The maximum atomic E-state index is 12.0. The Kier molecular flexibility index (Phi) is 14.4. The van der Waals surface area contributed by atoms with Crippen molar-refractivity contribution >= 4 is 10.1 Å². The molecule has 10 heteroatoms. The van der Waals surface area contributed by atoms with Crippen molar-refractivity contribution in [3.63, 3.8) is 0 Å². The van der Waals surface area contributed by atoms with Gasteiger partial charge in [0.1, 0.15) is 24.4 Å². The maximum Gasteiger partial charge on any atom is 1.00 e. The fraction of sp³-hybridized carbons (Fsp3) is 0.419. The molecule has 4 rings (SSSR count). The van der Waals surface area contributed by atoms with Gasteiger partial charge in [0.2, 0.25) is 0 Å². The van der Waals surface area contributed by atoms with Gasteiger partial charge in [-0.1, -0.05) is 104 Å². The molecule has 1 fully saturated rings. The summed E-state index contributed by atoms with van der Waals surface area (Å²) in [5.41, 5.74) is 2.76. The molecule has 1 unspecified atom stereocenters. The van der Waals surface area contributed by atoms with Crippen LogP contribution in [-0.4, -0.2) is 56.0 Å². The summed E-state index contributed by atoms with van der Waals surface area (Å²) in [5.74, 6) is -0.781. The van der Waals surface area contributed by atoms with E-state index in [0.717, 1.165) is 29.5 Å². The van der Waals surface area contributed by atoms with Crippen LogP contribution >= 0.6 is 0 Å². The molecule has 0 saturated carbocycles. The Labute approximate surface area is 265 Å². The molecule has 0 aliphatic carbocycles. The summed E-state index contributed by atoms with van der Waals surface area (Å²) < 4.78 is 67.3. The van der Waals surface area contributed by atoms with Gasteiger partial charge in [-0.05, 0) is 23.1 Å². The largest absolute Gasteiger partial charge is 1.00 e. The van der Waals surface area contributed by atoms with Gasteiger partial charge >= 0.3 is 29.6 Å². The van der Waals surface area contributed by atoms with E-state index in [-0.39, 0.29) is 49.4 Å². The molecule has 1 heterocycles. The number of unbranched alkanes of at least 4 members (excludes halogenated alkanes) is 1. The van der Waals surface area contributed by atoms with Crippen LogP contribution in [0.2, 0.25) is 0 Å². The molecule has 0 aromatic heterocycles. The van der Waals surface area contributed by atoms with Gasteiger partial charge in [0.25, 0.3) is 0 Å². The normalized spacial score (nSPS) is 22.6. The van der Waals surface area contributed by atoms with Crippen LogP contribution in [0.3, 0.4) is 0 Å². The van der Waals surface area contributed by atoms with E-state index < -0.39 is 46.6 Å². The Morgan fingerprint density at radius 1 is 0.683 bits per heavy atom. The van der Waals surface area contributed by atoms with Crippen LogP contribution in [0.4, 0.5) is 0 Å². The summed E-state index contributed by atoms with van der Waals surface area (Å²) in [6, 6.07) is 28.8. The average molecular weight is 593 g/mol. The summed E-state index contributed by atoms with van der Waals surface area (Å²) in [6.45, 7) is 3.07. The third kappa shape index (κ3) is 11.2. The molecule has 0 bridgehead atoms. The zero-order valence-corrected chi connectivity index (χ0v) is 26.5. The van der Waals surface area contributed by atoms with Gasteiger partial charge in [-0.25, -0.2) is 8.42 Å². The molecule has 1 saturated heterocycles. The van der Waals surface area contributed by atoms with Gasteiger partial charge in [0.15, 0.2) is 6.29 Å². The van der Waals surface area contributed by atoms with Crippen molar-refractivity contribution in [2.24, 2.45) is 0 Å². The van der Waals surface area contributed by atoms with Crippen LogP contribution in [-0.2, 0) is 53.6 Å². The molecule has 5 atom stereocenters.